The zero-order chi connectivity index (χ0) is 19.5. The Morgan fingerprint density at radius 2 is 2.11 bits per heavy atom. The number of carbonyl (C=O) groups is 1. The van der Waals surface area contributed by atoms with Crippen molar-refractivity contribution in [3.8, 4) is 11.5 Å². The highest BCUT2D eigenvalue weighted by Gasteiger charge is 2.20. The van der Waals surface area contributed by atoms with Gasteiger partial charge in [0.15, 0.2) is 11.5 Å². The van der Waals surface area contributed by atoms with Crippen molar-refractivity contribution in [3.05, 3.63) is 71.4 Å². The van der Waals surface area contributed by atoms with Crippen LogP contribution in [0.3, 0.4) is 0 Å². The van der Waals surface area contributed by atoms with E-state index in [0.717, 1.165) is 22.7 Å². The van der Waals surface area contributed by atoms with Crippen molar-refractivity contribution in [3.63, 3.8) is 0 Å². The molecule has 0 spiro atoms. The summed E-state index contributed by atoms with van der Waals surface area (Å²) in [6.45, 7) is 4.51. The molecule has 0 fully saturated rings. The van der Waals surface area contributed by atoms with Gasteiger partial charge in [-0.25, -0.2) is 0 Å². The zero-order valence-electron chi connectivity index (χ0n) is 15.7. The Bertz CT molecular complexity index is 1000. The van der Waals surface area contributed by atoms with Gasteiger partial charge >= 0.3 is 0 Å². The molecule has 0 saturated carbocycles. The number of carbonyl (C=O) groups excluding carboxylic acids is 1. The summed E-state index contributed by atoms with van der Waals surface area (Å²) in [6, 6.07) is 11.0. The third-order valence-electron chi connectivity index (χ3n) is 4.50. The molecular weight excluding hydrogens is 358 g/mol. The molecule has 4 rings (SSSR count). The number of nitrogens with one attached hydrogen (secondary N) is 1. The molecule has 3 heterocycles. The van der Waals surface area contributed by atoms with Crippen molar-refractivity contribution < 1.29 is 18.7 Å². The van der Waals surface area contributed by atoms with Crippen molar-refractivity contribution in [2.45, 2.75) is 19.9 Å². The lowest BCUT2D eigenvalue weighted by atomic mass is 10.2. The van der Waals surface area contributed by atoms with Crippen molar-refractivity contribution in [1.82, 2.24) is 15.1 Å². The molecule has 0 bridgehead atoms. The van der Waals surface area contributed by atoms with Crippen molar-refractivity contribution in [2.24, 2.45) is 0 Å². The predicted molar refractivity (Wildman–Crippen MR) is 103 cm³/mol. The standard InChI is InChI=1S/C21H21N3O4/c1-14-10-15(2)24(23-14)17(18-4-3-9-26-18)12-22-21(25)8-6-16-5-7-19-20(11-16)28-13-27-19/h3-11,17H,12-13H2,1-2H3,(H,22,25)/b8-6+. The number of hydrogen-bond donors (Lipinski definition) is 1. The highest BCUT2D eigenvalue weighted by molar-refractivity contribution is 5.91. The van der Waals surface area contributed by atoms with E-state index in [1.54, 1.807) is 12.3 Å². The van der Waals surface area contributed by atoms with Crippen LogP contribution in [0.4, 0.5) is 0 Å². The predicted octanol–water partition coefficient (Wildman–Crippen LogP) is 3.24. The van der Waals surface area contributed by atoms with Crippen LogP contribution in [0.25, 0.3) is 6.08 Å². The fourth-order valence-corrected chi connectivity index (χ4v) is 3.19. The lowest BCUT2D eigenvalue weighted by Gasteiger charge is -2.17. The number of fused-ring (bicyclic) bond motifs is 1. The summed E-state index contributed by atoms with van der Waals surface area (Å²) in [7, 11) is 0. The van der Waals surface area contributed by atoms with E-state index in [9.17, 15) is 4.79 Å². The molecule has 1 aromatic carbocycles. The Morgan fingerprint density at radius 1 is 1.25 bits per heavy atom. The molecule has 1 atom stereocenters. The van der Waals surface area contributed by atoms with Gasteiger partial charge in [-0.3, -0.25) is 9.48 Å². The number of aryl methyl sites for hydroxylation is 2. The van der Waals surface area contributed by atoms with Crippen LogP contribution in [0.1, 0.15) is 28.8 Å². The number of ether oxygens (including phenoxy) is 2. The first kappa shape index (κ1) is 17.9. The third-order valence-corrected chi connectivity index (χ3v) is 4.50. The zero-order valence-corrected chi connectivity index (χ0v) is 15.7. The summed E-state index contributed by atoms with van der Waals surface area (Å²) in [6.07, 6.45) is 4.86. The quantitative estimate of drug-likeness (QED) is 0.665. The molecular formula is C21H21N3O4. The summed E-state index contributed by atoms with van der Waals surface area (Å²) < 4.78 is 18.1. The molecule has 2 aromatic heterocycles. The van der Waals surface area contributed by atoms with Crippen LogP contribution < -0.4 is 14.8 Å². The molecule has 7 nitrogen and oxygen atoms in total. The van der Waals surface area contributed by atoms with E-state index in [2.05, 4.69) is 10.4 Å². The molecule has 0 aliphatic carbocycles. The van der Waals surface area contributed by atoms with Crippen LogP contribution in [0.2, 0.25) is 0 Å². The minimum atomic E-state index is -0.216. The summed E-state index contributed by atoms with van der Waals surface area (Å²) in [4.78, 5) is 12.3. The lowest BCUT2D eigenvalue weighted by Crippen LogP contribution is -2.31. The number of amides is 1. The Hall–Kier alpha value is -3.48. The van der Waals surface area contributed by atoms with Gasteiger partial charge in [-0.1, -0.05) is 6.07 Å². The second kappa shape index (κ2) is 7.64. The fraction of sp³-hybridized carbons (Fsp3) is 0.238. The summed E-state index contributed by atoms with van der Waals surface area (Å²) in [5.74, 6) is 1.94. The minimum Gasteiger partial charge on any atom is -0.467 e. The average Bonchev–Trinajstić information content (AvgIpc) is 3.42. The van der Waals surface area contributed by atoms with Crippen LogP contribution in [0.5, 0.6) is 11.5 Å². The fourth-order valence-electron chi connectivity index (χ4n) is 3.19. The van der Waals surface area contributed by atoms with E-state index in [0.29, 0.717) is 18.0 Å². The minimum absolute atomic E-state index is 0.198. The van der Waals surface area contributed by atoms with E-state index < -0.39 is 0 Å². The lowest BCUT2D eigenvalue weighted by molar-refractivity contribution is -0.116. The number of hydrogen-bond acceptors (Lipinski definition) is 5. The van der Waals surface area contributed by atoms with Crippen LogP contribution in [-0.4, -0.2) is 29.0 Å². The maximum absolute atomic E-state index is 12.3. The van der Waals surface area contributed by atoms with Gasteiger partial charge in [0.25, 0.3) is 0 Å². The van der Waals surface area contributed by atoms with Gasteiger partial charge < -0.3 is 19.2 Å². The highest BCUT2D eigenvalue weighted by atomic mass is 16.7. The Kier molecular flexibility index (Phi) is 4.89. The molecule has 1 amide bonds. The molecule has 1 unspecified atom stereocenters. The summed E-state index contributed by atoms with van der Waals surface area (Å²) >= 11 is 0. The second-order valence-electron chi connectivity index (χ2n) is 6.59. The maximum Gasteiger partial charge on any atom is 0.244 e. The van der Waals surface area contributed by atoms with Crippen LogP contribution in [0.15, 0.2) is 53.2 Å². The largest absolute Gasteiger partial charge is 0.467 e. The van der Waals surface area contributed by atoms with Crippen LogP contribution in [-0.2, 0) is 4.79 Å². The van der Waals surface area contributed by atoms with E-state index in [-0.39, 0.29) is 18.7 Å². The molecule has 144 valence electrons. The van der Waals surface area contributed by atoms with Gasteiger partial charge in [0.05, 0.1) is 12.0 Å². The molecule has 3 aromatic rings. The number of nitrogens with zero attached hydrogens (tertiary/aromatic N) is 2. The van der Waals surface area contributed by atoms with E-state index in [1.807, 2.05) is 54.9 Å². The number of rotatable bonds is 6. The first-order chi connectivity index (χ1) is 13.6. The molecule has 1 aliphatic rings. The first-order valence-electron chi connectivity index (χ1n) is 9.02. The molecule has 7 heteroatoms. The molecule has 1 N–H and O–H groups in total. The van der Waals surface area contributed by atoms with E-state index in [1.165, 1.54) is 6.08 Å². The monoisotopic (exact) mass is 379 g/mol. The molecule has 28 heavy (non-hydrogen) atoms. The van der Waals surface area contributed by atoms with Crippen molar-refractivity contribution in [1.29, 1.82) is 0 Å². The average molecular weight is 379 g/mol. The van der Waals surface area contributed by atoms with E-state index in [4.69, 9.17) is 13.9 Å². The van der Waals surface area contributed by atoms with Gasteiger partial charge in [0.2, 0.25) is 12.7 Å². The summed E-state index contributed by atoms with van der Waals surface area (Å²) in [5, 5.41) is 7.46. The maximum atomic E-state index is 12.3. The van der Waals surface area contributed by atoms with Crippen molar-refractivity contribution in [2.75, 3.05) is 13.3 Å². The molecule has 1 aliphatic heterocycles. The third kappa shape index (κ3) is 3.78. The van der Waals surface area contributed by atoms with Gasteiger partial charge in [0, 0.05) is 18.3 Å². The Labute approximate surface area is 162 Å². The molecule has 0 saturated heterocycles. The van der Waals surface area contributed by atoms with Gasteiger partial charge in [-0.2, -0.15) is 5.10 Å². The summed E-state index contributed by atoms with van der Waals surface area (Å²) in [5.41, 5.74) is 2.78. The number of furan rings is 1. The smallest absolute Gasteiger partial charge is 0.244 e. The van der Waals surface area contributed by atoms with Gasteiger partial charge in [-0.15, -0.1) is 0 Å². The number of benzene rings is 1. The molecule has 0 radical (unpaired) electrons. The first-order valence-corrected chi connectivity index (χ1v) is 9.02. The Balaban J connectivity index is 1.44. The van der Waals surface area contributed by atoms with Gasteiger partial charge in [0.1, 0.15) is 11.8 Å². The van der Waals surface area contributed by atoms with E-state index >= 15 is 0 Å². The van der Waals surface area contributed by atoms with Crippen molar-refractivity contribution >= 4 is 12.0 Å². The topological polar surface area (TPSA) is 78.5 Å². The second-order valence-corrected chi connectivity index (χ2v) is 6.59. The van der Waals surface area contributed by atoms with Crippen LogP contribution >= 0.6 is 0 Å². The number of aromatic nitrogens is 2. The SMILES string of the molecule is Cc1cc(C)n(C(CNC(=O)/C=C/c2ccc3c(c2)OCO3)c2ccco2)n1. The van der Waals surface area contributed by atoms with Crippen LogP contribution in [0, 0.1) is 13.8 Å². The Morgan fingerprint density at radius 3 is 2.86 bits per heavy atom. The normalized spacial score (nSPS) is 13.8. The highest BCUT2D eigenvalue weighted by Crippen LogP contribution is 2.32. The van der Waals surface area contributed by atoms with Gasteiger partial charge in [-0.05, 0) is 55.8 Å².